The van der Waals surface area contributed by atoms with Crippen LogP contribution in [0, 0.1) is 11.8 Å². The molecular weight excluding hydrogens is 314 g/mol. The van der Waals surface area contributed by atoms with Gasteiger partial charge >= 0.3 is 0 Å². The molecule has 1 amide bonds. The van der Waals surface area contributed by atoms with Gasteiger partial charge in [0.25, 0.3) is 0 Å². The third-order valence-corrected chi connectivity index (χ3v) is 5.42. The van der Waals surface area contributed by atoms with Gasteiger partial charge in [-0.3, -0.25) is 4.79 Å². The van der Waals surface area contributed by atoms with Crippen molar-refractivity contribution < 1.29 is 4.79 Å². The quantitative estimate of drug-likeness (QED) is 0.887. The molecule has 1 fully saturated rings. The van der Waals surface area contributed by atoms with Crippen molar-refractivity contribution in [3.05, 3.63) is 11.6 Å². The molecule has 25 heavy (non-hydrogen) atoms. The van der Waals surface area contributed by atoms with Crippen LogP contribution in [0.3, 0.4) is 0 Å². The van der Waals surface area contributed by atoms with Crippen LogP contribution in [0.15, 0.2) is 0 Å². The topological polar surface area (TPSA) is 63.1 Å². The minimum absolute atomic E-state index is 0.176. The second-order valence-corrected chi connectivity index (χ2v) is 8.45. The number of nitrogens with one attached hydrogen (secondary N) is 1. The molecule has 2 aliphatic heterocycles. The Kier molecular flexibility index (Phi) is 5.77. The number of nitrogens with zero attached hydrogens (tertiary/aromatic N) is 4. The molecule has 3 heterocycles. The van der Waals surface area contributed by atoms with Crippen LogP contribution in [0.4, 0.5) is 0 Å². The van der Waals surface area contributed by atoms with E-state index < -0.39 is 0 Å². The molecule has 6 nitrogen and oxygen atoms in total. The van der Waals surface area contributed by atoms with Gasteiger partial charge in [0.05, 0.1) is 0 Å². The number of aryl methyl sites for hydroxylation is 1. The van der Waals surface area contributed by atoms with Crippen LogP contribution < -0.4 is 5.32 Å². The molecule has 1 atom stereocenters. The Labute approximate surface area is 151 Å². The lowest BCUT2D eigenvalue weighted by Crippen LogP contribution is -2.47. The van der Waals surface area contributed by atoms with Crippen molar-refractivity contribution in [2.45, 2.75) is 71.9 Å². The molecule has 2 aliphatic rings. The Hall–Kier alpha value is -1.43. The van der Waals surface area contributed by atoms with Gasteiger partial charge in [0, 0.05) is 37.4 Å². The molecule has 0 aliphatic carbocycles. The average molecular weight is 348 g/mol. The number of amides is 1. The summed E-state index contributed by atoms with van der Waals surface area (Å²) in [5.74, 6) is 3.58. The van der Waals surface area contributed by atoms with Crippen molar-refractivity contribution >= 4 is 5.91 Å². The maximum Gasteiger partial charge on any atom is 0.223 e. The second-order valence-electron chi connectivity index (χ2n) is 8.45. The fourth-order valence-corrected chi connectivity index (χ4v) is 4.11. The Morgan fingerprint density at radius 2 is 1.88 bits per heavy atom. The van der Waals surface area contributed by atoms with E-state index in [0.29, 0.717) is 11.8 Å². The number of carbonyl (C=O) groups excluding carboxylic acids is 1. The minimum atomic E-state index is 0.176. The third kappa shape index (κ3) is 4.40. The summed E-state index contributed by atoms with van der Waals surface area (Å²) >= 11 is 0. The van der Waals surface area contributed by atoms with E-state index in [1.807, 2.05) is 0 Å². The SMILES string of the molecule is CC(C)CN1CCC(C(=O)NC2CCc3nnc(C(C)C)n3C2)CC1. The average Bonchev–Trinajstić information content (AvgIpc) is 2.98. The molecule has 6 heteroatoms. The zero-order chi connectivity index (χ0) is 18.0. The van der Waals surface area contributed by atoms with Gasteiger partial charge in [-0.2, -0.15) is 0 Å². The zero-order valence-electron chi connectivity index (χ0n) is 16.2. The molecule has 1 saturated heterocycles. The lowest BCUT2D eigenvalue weighted by molar-refractivity contribution is -0.127. The Balaban J connectivity index is 1.52. The lowest BCUT2D eigenvalue weighted by atomic mass is 9.94. The van der Waals surface area contributed by atoms with Gasteiger partial charge in [0.2, 0.25) is 5.91 Å². The van der Waals surface area contributed by atoms with Gasteiger partial charge in [-0.15, -0.1) is 10.2 Å². The number of hydrogen-bond acceptors (Lipinski definition) is 4. The number of rotatable bonds is 5. The van der Waals surface area contributed by atoms with Gasteiger partial charge in [-0.1, -0.05) is 27.7 Å². The normalized spacial score (nSPS) is 22.4. The van der Waals surface area contributed by atoms with E-state index in [0.717, 1.165) is 63.5 Å². The fraction of sp³-hybridized carbons (Fsp3) is 0.842. The highest BCUT2D eigenvalue weighted by atomic mass is 16.2. The van der Waals surface area contributed by atoms with Crippen molar-refractivity contribution in [1.29, 1.82) is 0 Å². The first-order chi connectivity index (χ1) is 11.9. The van der Waals surface area contributed by atoms with Crippen molar-refractivity contribution in [2.24, 2.45) is 11.8 Å². The number of likely N-dealkylation sites (tertiary alicyclic amines) is 1. The van der Waals surface area contributed by atoms with E-state index in [2.05, 4.69) is 52.7 Å². The van der Waals surface area contributed by atoms with E-state index in [4.69, 9.17) is 0 Å². The Morgan fingerprint density at radius 3 is 2.52 bits per heavy atom. The van der Waals surface area contributed by atoms with E-state index in [-0.39, 0.29) is 17.9 Å². The zero-order valence-corrected chi connectivity index (χ0v) is 16.2. The molecule has 1 aromatic heterocycles. The van der Waals surface area contributed by atoms with Crippen LogP contribution >= 0.6 is 0 Å². The fourth-order valence-electron chi connectivity index (χ4n) is 4.11. The summed E-state index contributed by atoms with van der Waals surface area (Å²) in [6.45, 7) is 12.9. The van der Waals surface area contributed by atoms with E-state index in [1.165, 1.54) is 0 Å². The number of fused-ring (bicyclic) bond motifs is 1. The van der Waals surface area contributed by atoms with E-state index in [9.17, 15) is 4.79 Å². The minimum Gasteiger partial charge on any atom is -0.351 e. The van der Waals surface area contributed by atoms with E-state index in [1.54, 1.807) is 0 Å². The van der Waals surface area contributed by atoms with Crippen LogP contribution in [-0.4, -0.2) is 51.2 Å². The predicted molar refractivity (Wildman–Crippen MR) is 98.4 cm³/mol. The number of hydrogen-bond donors (Lipinski definition) is 1. The second kappa shape index (κ2) is 7.85. The number of carbonyl (C=O) groups is 1. The number of piperidine rings is 1. The first-order valence-corrected chi connectivity index (χ1v) is 9.88. The highest BCUT2D eigenvalue weighted by Gasteiger charge is 2.29. The van der Waals surface area contributed by atoms with Gasteiger partial charge in [-0.05, 0) is 38.3 Å². The summed E-state index contributed by atoms with van der Waals surface area (Å²) in [6, 6.07) is 0.210. The molecule has 140 valence electrons. The maximum absolute atomic E-state index is 12.7. The molecule has 1 N–H and O–H groups in total. The molecular formula is C19H33N5O. The van der Waals surface area contributed by atoms with Crippen LogP contribution in [0.5, 0.6) is 0 Å². The standard InChI is InChI=1S/C19H33N5O/c1-13(2)11-23-9-7-15(8-10-23)19(25)20-16-5-6-17-21-22-18(14(3)4)24(17)12-16/h13-16H,5-12H2,1-4H3,(H,20,25). The first kappa shape index (κ1) is 18.4. The molecule has 0 spiro atoms. The van der Waals surface area contributed by atoms with Crippen LogP contribution in [-0.2, 0) is 17.8 Å². The number of aromatic nitrogens is 3. The lowest BCUT2D eigenvalue weighted by Gasteiger charge is -2.33. The largest absolute Gasteiger partial charge is 0.351 e. The van der Waals surface area contributed by atoms with Crippen molar-refractivity contribution in [3.8, 4) is 0 Å². The summed E-state index contributed by atoms with van der Waals surface area (Å²) in [7, 11) is 0. The Morgan fingerprint density at radius 1 is 1.16 bits per heavy atom. The molecule has 0 radical (unpaired) electrons. The molecule has 0 saturated carbocycles. The molecule has 1 unspecified atom stereocenters. The van der Waals surface area contributed by atoms with Crippen molar-refractivity contribution in [1.82, 2.24) is 25.0 Å². The Bertz CT molecular complexity index is 587. The van der Waals surface area contributed by atoms with Gasteiger partial charge < -0.3 is 14.8 Å². The predicted octanol–water partition coefficient (Wildman–Crippen LogP) is 2.20. The van der Waals surface area contributed by atoms with E-state index >= 15 is 0 Å². The highest BCUT2D eigenvalue weighted by molar-refractivity contribution is 5.79. The monoisotopic (exact) mass is 347 g/mol. The third-order valence-electron chi connectivity index (χ3n) is 5.42. The highest BCUT2D eigenvalue weighted by Crippen LogP contribution is 2.22. The first-order valence-electron chi connectivity index (χ1n) is 9.88. The van der Waals surface area contributed by atoms with Crippen LogP contribution in [0.25, 0.3) is 0 Å². The maximum atomic E-state index is 12.7. The van der Waals surface area contributed by atoms with Gasteiger partial charge in [0.1, 0.15) is 11.6 Å². The van der Waals surface area contributed by atoms with Crippen LogP contribution in [0.1, 0.15) is 64.5 Å². The smallest absolute Gasteiger partial charge is 0.223 e. The van der Waals surface area contributed by atoms with Gasteiger partial charge in [0.15, 0.2) is 0 Å². The molecule has 3 rings (SSSR count). The summed E-state index contributed by atoms with van der Waals surface area (Å²) < 4.78 is 2.21. The van der Waals surface area contributed by atoms with Crippen molar-refractivity contribution in [3.63, 3.8) is 0 Å². The molecule has 0 aromatic carbocycles. The molecule has 1 aromatic rings. The summed E-state index contributed by atoms with van der Waals surface area (Å²) in [5.41, 5.74) is 0. The van der Waals surface area contributed by atoms with Crippen molar-refractivity contribution in [2.75, 3.05) is 19.6 Å². The van der Waals surface area contributed by atoms with Gasteiger partial charge in [-0.25, -0.2) is 0 Å². The van der Waals surface area contributed by atoms with Crippen LogP contribution in [0.2, 0.25) is 0 Å². The summed E-state index contributed by atoms with van der Waals surface area (Å²) in [5, 5.41) is 11.9. The summed E-state index contributed by atoms with van der Waals surface area (Å²) in [6.07, 6.45) is 3.84. The molecule has 0 bridgehead atoms. The summed E-state index contributed by atoms with van der Waals surface area (Å²) in [4.78, 5) is 15.2.